The Morgan fingerprint density at radius 3 is 2.31 bits per heavy atom. The van der Waals surface area contributed by atoms with Crippen molar-refractivity contribution in [2.75, 3.05) is 60.2 Å². The van der Waals surface area contributed by atoms with Gasteiger partial charge in [-0.05, 0) is 55.6 Å². The molecule has 1 aliphatic rings. The van der Waals surface area contributed by atoms with E-state index in [9.17, 15) is 9.59 Å². The van der Waals surface area contributed by atoms with Crippen LogP contribution in [0.5, 0.6) is 0 Å². The number of hydrogen-bond donors (Lipinski definition) is 5. The Morgan fingerprint density at radius 2 is 1.62 bits per heavy atom. The zero-order chi connectivity index (χ0) is 22.7. The predicted octanol–water partition coefficient (Wildman–Crippen LogP) is 2.29. The summed E-state index contributed by atoms with van der Waals surface area (Å²) in [6.07, 6.45) is 1.48. The highest BCUT2D eigenvalue weighted by Crippen LogP contribution is 2.25. The van der Waals surface area contributed by atoms with Crippen molar-refractivity contribution in [3.8, 4) is 0 Å². The van der Waals surface area contributed by atoms with Crippen LogP contribution in [0.4, 0.5) is 34.1 Å². The van der Waals surface area contributed by atoms with Crippen LogP contribution in [0.3, 0.4) is 0 Å². The van der Waals surface area contributed by atoms with Crippen LogP contribution >= 0.6 is 0 Å². The third kappa shape index (κ3) is 4.68. The fourth-order valence-electron chi connectivity index (χ4n) is 3.63. The first kappa shape index (κ1) is 21.3. The lowest BCUT2D eigenvalue weighted by atomic mass is 10.1. The van der Waals surface area contributed by atoms with Crippen LogP contribution in [0.2, 0.25) is 0 Å². The SMILES string of the molecule is CN1CCN(c2ccc(NC(=O)c3c(Nc4ccc(N)c(N)c4)cc[nH]c3=O)cc2)CC1. The van der Waals surface area contributed by atoms with Crippen molar-refractivity contribution in [3.63, 3.8) is 0 Å². The molecule has 0 saturated carbocycles. The number of piperazine rings is 1. The molecule has 1 aliphatic heterocycles. The maximum absolute atomic E-state index is 13.0. The van der Waals surface area contributed by atoms with Crippen LogP contribution in [0, 0.1) is 0 Å². The van der Waals surface area contributed by atoms with E-state index in [0.717, 1.165) is 31.9 Å². The van der Waals surface area contributed by atoms with Gasteiger partial charge in [-0.1, -0.05) is 0 Å². The second-order valence-corrected chi connectivity index (χ2v) is 7.86. The highest BCUT2D eigenvalue weighted by atomic mass is 16.2. The number of rotatable bonds is 5. The predicted molar refractivity (Wildman–Crippen MR) is 130 cm³/mol. The first-order valence-electron chi connectivity index (χ1n) is 10.4. The number of aromatic amines is 1. The van der Waals surface area contributed by atoms with E-state index < -0.39 is 11.5 Å². The molecule has 32 heavy (non-hydrogen) atoms. The van der Waals surface area contributed by atoms with Crippen molar-refractivity contribution in [1.82, 2.24) is 9.88 Å². The third-order valence-corrected chi connectivity index (χ3v) is 5.55. The van der Waals surface area contributed by atoms with Crippen molar-refractivity contribution in [3.05, 3.63) is 70.6 Å². The van der Waals surface area contributed by atoms with Crippen molar-refractivity contribution in [2.24, 2.45) is 0 Å². The van der Waals surface area contributed by atoms with Gasteiger partial charge in [0.15, 0.2) is 0 Å². The summed E-state index contributed by atoms with van der Waals surface area (Å²) in [6.45, 7) is 3.97. The quantitative estimate of drug-likeness (QED) is 0.390. The molecular formula is C23H27N7O2. The number of H-pyrrole nitrogens is 1. The zero-order valence-corrected chi connectivity index (χ0v) is 17.9. The molecule has 2 heterocycles. The number of nitrogen functional groups attached to an aromatic ring is 2. The molecule has 7 N–H and O–H groups in total. The first-order chi connectivity index (χ1) is 15.4. The van der Waals surface area contributed by atoms with E-state index in [1.165, 1.54) is 6.20 Å². The molecule has 9 heteroatoms. The van der Waals surface area contributed by atoms with E-state index in [4.69, 9.17) is 11.5 Å². The van der Waals surface area contributed by atoms with Crippen LogP contribution in [0.25, 0.3) is 0 Å². The van der Waals surface area contributed by atoms with Gasteiger partial charge in [0, 0.05) is 49.4 Å². The molecule has 1 aromatic heterocycles. The van der Waals surface area contributed by atoms with E-state index >= 15 is 0 Å². The fraction of sp³-hybridized carbons (Fsp3) is 0.217. The van der Waals surface area contributed by atoms with Crippen LogP contribution in [-0.2, 0) is 0 Å². The number of hydrogen-bond acceptors (Lipinski definition) is 7. The Morgan fingerprint density at radius 1 is 0.938 bits per heavy atom. The number of carbonyl (C=O) groups is 1. The molecule has 1 fully saturated rings. The molecule has 0 radical (unpaired) electrons. The van der Waals surface area contributed by atoms with Crippen molar-refractivity contribution in [2.45, 2.75) is 0 Å². The Hall–Kier alpha value is -3.98. The molecule has 3 aromatic rings. The lowest BCUT2D eigenvalue weighted by molar-refractivity contribution is 0.102. The Kier molecular flexibility index (Phi) is 6.00. The Labute approximate surface area is 186 Å². The molecule has 1 amide bonds. The van der Waals surface area contributed by atoms with Gasteiger partial charge in [-0.2, -0.15) is 0 Å². The first-order valence-corrected chi connectivity index (χ1v) is 10.4. The number of nitrogens with zero attached hydrogens (tertiary/aromatic N) is 2. The highest BCUT2D eigenvalue weighted by Gasteiger charge is 2.18. The van der Waals surface area contributed by atoms with Gasteiger partial charge >= 0.3 is 0 Å². The summed E-state index contributed by atoms with van der Waals surface area (Å²) in [7, 11) is 2.12. The standard InChI is InChI=1S/C23H27N7O2/c1-29-10-12-30(13-11-29)17-5-2-15(3-6-17)28-23(32)21-20(8-9-26-22(21)31)27-16-4-7-18(24)19(25)14-16/h2-9,14H,10-13,24-25H2,1H3,(H,28,32)(H2,26,27,31). The molecule has 4 rings (SSSR count). The van der Waals surface area contributed by atoms with Gasteiger partial charge in [0.05, 0.1) is 17.1 Å². The van der Waals surface area contributed by atoms with Crippen LogP contribution in [0.1, 0.15) is 10.4 Å². The van der Waals surface area contributed by atoms with Crippen molar-refractivity contribution in [1.29, 1.82) is 0 Å². The van der Waals surface area contributed by atoms with Gasteiger partial charge in [-0.15, -0.1) is 0 Å². The number of likely N-dealkylation sites (N-methyl/N-ethyl adjacent to an activating group) is 1. The molecular weight excluding hydrogens is 406 g/mol. The molecule has 0 unspecified atom stereocenters. The second kappa shape index (κ2) is 9.03. The molecule has 9 nitrogen and oxygen atoms in total. The average Bonchev–Trinajstić information content (AvgIpc) is 2.77. The van der Waals surface area contributed by atoms with Crippen molar-refractivity contribution >= 4 is 40.0 Å². The number of amides is 1. The van der Waals surface area contributed by atoms with Gasteiger partial charge in [0.1, 0.15) is 5.56 Å². The fourth-order valence-corrected chi connectivity index (χ4v) is 3.63. The van der Waals surface area contributed by atoms with Gasteiger partial charge < -0.3 is 36.9 Å². The van der Waals surface area contributed by atoms with Gasteiger partial charge in [0.25, 0.3) is 11.5 Å². The van der Waals surface area contributed by atoms with E-state index in [-0.39, 0.29) is 5.56 Å². The third-order valence-electron chi connectivity index (χ3n) is 5.55. The summed E-state index contributed by atoms with van der Waals surface area (Å²) in [4.78, 5) is 32.6. The largest absolute Gasteiger partial charge is 0.397 e. The molecule has 0 bridgehead atoms. The zero-order valence-electron chi connectivity index (χ0n) is 17.9. The summed E-state index contributed by atoms with van der Waals surface area (Å²) < 4.78 is 0. The summed E-state index contributed by atoms with van der Waals surface area (Å²) in [5.41, 5.74) is 14.7. The van der Waals surface area contributed by atoms with E-state index in [2.05, 4.69) is 32.5 Å². The minimum atomic E-state index is -0.509. The van der Waals surface area contributed by atoms with Gasteiger partial charge in [-0.3, -0.25) is 9.59 Å². The lowest BCUT2D eigenvalue weighted by Crippen LogP contribution is -2.44. The average molecular weight is 434 g/mol. The monoisotopic (exact) mass is 433 g/mol. The van der Waals surface area contributed by atoms with Gasteiger partial charge in [0.2, 0.25) is 0 Å². The highest BCUT2D eigenvalue weighted by molar-refractivity contribution is 6.08. The normalized spacial score (nSPS) is 14.2. The number of nitrogens with two attached hydrogens (primary N) is 2. The number of pyridine rings is 1. The van der Waals surface area contributed by atoms with E-state index in [1.54, 1.807) is 24.3 Å². The molecule has 0 aliphatic carbocycles. The van der Waals surface area contributed by atoms with E-state index in [1.807, 2.05) is 24.3 Å². The number of aromatic nitrogens is 1. The minimum absolute atomic E-state index is 0.0222. The number of anilines is 6. The lowest BCUT2D eigenvalue weighted by Gasteiger charge is -2.34. The van der Waals surface area contributed by atoms with Crippen molar-refractivity contribution < 1.29 is 4.79 Å². The summed E-state index contributed by atoms with van der Waals surface area (Å²) in [6, 6.07) is 14.3. The van der Waals surface area contributed by atoms with Crippen LogP contribution in [0.15, 0.2) is 59.5 Å². The second-order valence-electron chi connectivity index (χ2n) is 7.86. The minimum Gasteiger partial charge on any atom is -0.397 e. The number of nitrogens with one attached hydrogen (secondary N) is 3. The summed E-state index contributed by atoms with van der Waals surface area (Å²) in [5.74, 6) is -0.509. The summed E-state index contributed by atoms with van der Waals surface area (Å²) >= 11 is 0. The van der Waals surface area contributed by atoms with Crippen LogP contribution in [-0.4, -0.2) is 49.0 Å². The Balaban J connectivity index is 1.51. The number of carbonyl (C=O) groups excluding carboxylic acids is 1. The van der Waals surface area contributed by atoms with Gasteiger partial charge in [-0.25, -0.2) is 0 Å². The molecule has 2 aromatic carbocycles. The Bertz CT molecular complexity index is 1170. The summed E-state index contributed by atoms with van der Waals surface area (Å²) in [5, 5.41) is 5.89. The topological polar surface area (TPSA) is 133 Å². The molecule has 1 saturated heterocycles. The van der Waals surface area contributed by atoms with Crippen LogP contribution < -0.4 is 32.6 Å². The molecule has 0 atom stereocenters. The maximum Gasteiger partial charge on any atom is 0.263 e. The maximum atomic E-state index is 13.0. The molecule has 0 spiro atoms. The van der Waals surface area contributed by atoms with E-state index in [0.29, 0.717) is 28.4 Å². The smallest absolute Gasteiger partial charge is 0.263 e. The molecule has 166 valence electrons. The number of benzene rings is 2.